The van der Waals surface area contributed by atoms with Gasteiger partial charge in [0.1, 0.15) is 0 Å². The van der Waals surface area contributed by atoms with Crippen molar-refractivity contribution in [3.05, 3.63) is 47.5 Å². The Hall–Kier alpha value is -1.61. The van der Waals surface area contributed by atoms with E-state index in [0.717, 1.165) is 15.1 Å². The van der Waals surface area contributed by atoms with Crippen LogP contribution < -0.4 is 5.32 Å². The van der Waals surface area contributed by atoms with Gasteiger partial charge in [0.05, 0.1) is 20.9 Å². The summed E-state index contributed by atoms with van der Waals surface area (Å²) in [6.07, 6.45) is 1.82. The number of halogens is 1. The molecular formula is C17H15ClN2O3S3. The predicted molar refractivity (Wildman–Crippen MR) is 108 cm³/mol. The molecule has 136 valence electrons. The molecule has 0 unspecified atom stereocenters. The van der Waals surface area contributed by atoms with E-state index >= 15 is 0 Å². The van der Waals surface area contributed by atoms with Crippen molar-refractivity contribution in [1.29, 1.82) is 0 Å². The molecule has 0 fully saturated rings. The fourth-order valence-electron chi connectivity index (χ4n) is 2.31. The number of anilines is 1. The number of thioether (sulfide) groups is 1. The van der Waals surface area contributed by atoms with Gasteiger partial charge in [0.15, 0.2) is 15.0 Å². The van der Waals surface area contributed by atoms with Gasteiger partial charge < -0.3 is 5.32 Å². The van der Waals surface area contributed by atoms with Gasteiger partial charge in [-0.3, -0.25) is 4.79 Å². The quantitative estimate of drug-likeness (QED) is 0.588. The number of sulfone groups is 1. The van der Waals surface area contributed by atoms with Crippen LogP contribution in [0.4, 0.5) is 5.13 Å². The Morgan fingerprint density at radius 3 is 2.65 bits per heavy atom. The summed E-state index contributed by atoms with van der Waals surface area (Å²) in [5.41, 5.74) is 0.842. The van der Waals surface area contributed by atoms with Crippen LogP contribution in [0.1, 0.15) is 6.42 Å². The third-order valence-electron chi connectivity index (χ3n) is 3.62. The van der Waals surface area contributed by atoms with Crippen LogP contribution in [0.15, 0.2) is 52.3 Å². The monoisotopic (exact) mass is 426 g/mol. The lowest BCUT2D eigenvalue weighted by atomic mass is 10.3. The Bertz CT molecular complexity index is 1050. The number of para-hydroxylation sites is 1. The van der Waals surface area contributed by atoms with Gasteiger partial charge in [0, 0.05) is 16.3 Å². The first-order valence-corrected chi connectivity index (χ1v) is 11.7. The van der Waals surface area contributed by atoms with Crippen molar-refractivity contribution in [2.45, 2.75) is 16.2 Å². The summed E-state index contributed by atoms with van der Waals surface area (Å²) >= 11 is 8.72. The minimum atomic E-state index is -3.54. The number of rotatable bonds is 6. The summed E-state index contributed by atoms with van der Waals surface area (Å²) in [5, 5.41) is 3.62. The molecule has 0 aliphatic heterocycles. The summed E-state index contributed by atoms with van der Waals surface area (Å²) in [7, 11) is -3.54. The zero-order valence-electron chi connectivity index (χ0n) is 13.7. The molecule has 0 bridgehead atoms. The number of carbonyl (C=O) groups is 1. The topological polar surface area (TPSA) is 76.1 Å². The van der Waals surface area contributed by atoms with Gasteiger partial charge in [0.25, 0.3) is 0 Å². The van der Waals surface area contributed by atoms with E-state index in [1.165, 1.54) is 35.6 Å². The largest absolute Gasteiger partial charge is 0.302 e. The van der Waals surface area contributed by atoms with E-state index in [0.29, 0.717) is 10.2 Å². The van der Waals surface area contributed by atoms with E-state index in [1.807, 2.05) is 24.5 Å². The van der Waals surface area contributed by atoms with Crippen LogP contribution >= 0.6 is 34.7 Å². The average molecular weight is 427 g/mol. The zero-order chi connectivity index (χ0) is 18.7. The second-order valence-corrected chi connectivity index (χ2v) is 9.82. The maximum atomic E-state index is 12.3. The molecule has 1 amide bonds. The molecule has 0 radical (unpaired) electrons. The first-order valence-electron chi connectivity index (χ1n) is 7.61. The molecule has 9 heteroatoms. The lowest BCUT2D eigenvalue weighted by Gasteiger charge is -2.04. The Balaban J connectivity index is 1.66. The second-order valence-electron chi connectivity index (χ2n) is 5.40. The molecule has 2 aromatic carbocycles. The highest BCUT2D eigenvalue weighted by Crippen LogP contribution is 2.32. The van der Waals surface area contributed by atoms with Gasteiger partial charge in [-0.15, -0.1) is 11.8 Å². The predicted octanol–water partition coefficient (Wildman–Crippen LogP) is 4.47. The number of nitrogens with one attached hydrogen (secondary N) is 1. The van der Waals surface area contributed by atoms with Crippen LogP contribution in [0.25, 0.3) is 10.2 Å². The van der Waals surface area contributed by atoms with Gasteiger partial charge in [-0.1, -0.05) is 29.0 Å². The molecule has 0 aliphatic rings. The average Bonchev–Trinajstić information content (AvgIpc) is 3.02. The fourth-order valence-corrected chi connectivity index (χ4v) is 5.21. The van der Waals surface area contributed by atoms with E-state index in [1.54, 1.807) is 11.8 Å². The van der Waals surface area contributed by atoms with Gasteiger partial charge in [-0.05, 0) is 42.7 Å². The highest BCUT2D eigenvalue weighted by atomic mass is 35.5. The number of fused-ring (bicyclic) bond motifs is 1. The number of nitrogens with zero attached hydrogens (tertiary/aromatic N) is 1. The van der Waals surface area contributed by atoms with Crippen LogP contribution in [-0.2, 0) is 14.6 Å². The number of benzene rings is 2. The smallest absolute Gasteiger partial charge is 0.227 e. The Labute approximate surface area is 164 Å². The van der Waals surface area contributed by atoms with E-state index in [9.17, 15) is 13.2 Å². The van der Waals surface area contributed by atoms with Crippen molar-refractivity contribution >= 4 is 65.8 Å². The number of aromatic nitrogens is 1. The Morgan fingerprint density at radius 1 is 1.23 bits per heavy atom. The molecule has 5 nitrogen and oxygen atoms in total. The van der Waals surface area contributed by atoms with Crippen molar-refractivity contribution < 1.29 is 13.2 Å². The number of hydrogen-bond donors (Lipinski definition) is 1. The molecule has 0 spiro atoms. The van der Waals surface area contributed by atoms with Gasteiger partial charge in [-0.25, -0.2) is 13.4 Å². The molecule has 1 heterocycles. The lowest BCUT2D eigenvalue weighted by Crippen LogP contribution is -2.17. The highest BCUT2D eigenvalue weighted by Gasteiger charge is 2.17. The zero-order valence-corrected chi connectivity index (χ0v) is 16.9. The maximum absolute atomic E-state index is 12.3. The summed E-state index contributed by atoms with van der Waals surface area (Å²) in [6, 6.07) is 11.7. The fraction of sp³-hybridized carbons (Fsp3) is 0.176. The van der Waals surface area contributed by atoms with Crippen LogP contribution in [0.3, 0.4) is 0 Å². The van der Waals surface area contributed by atoms with Crippen molar-refractivity contribution in [3.8, 4) is 0 Å². The van der Waals surface area contributed by atoms with Gasteiger partial charge in [-0.2, -0.15) is 0 Å². The Kier molecular flexibility index (Phi) is 5.86. The van der Waals surface area contributed by atoms with Crippen LogP contribution in [0.2, 0.25) is 5.02 Å². The van der Waals surface area contributed by atoms with Crippen LogP contribution in [0.5, 0.6) is 0 Å². The molecule has 3 rings (SSSR count). The summed E-state index contributed by atoms with van der Waals surface area (Å²) in [5.74, 6) is -0.658. The molecule has 26 heavy (non-hydrogen) atoms. The van der Waals surface area contributed by atoms with Crippen molar-refractivity contribution in [2.24, 2.45) is 0 Å². The third-order valence-corrected chi connectivity index (χ3v) is 7.31. The van der Waals surface area contributed by atoms with Crippen LogP contribution in [0, 0.1) is 0 Å². The summed E-state index contributed by atoms with van der Waals surface area (Å²) in [4.78, 5) is 17.8. The molecule has 0 saturated carbocycles. The minimum absolute atomic E-state index is 0.143. The van der Waals surface area contributed by atoms with E-state index in [4.69, 9.17) is 11.6 Å². The van der Waals surface area contributed by atoms with Gasteiger partial charge in [0.2, 0.25) is 5.91 Å². The SMILES string of the molecule is CSc1cccc2sc(NC(=O)CCS(=O)(=O)c3ccc(Cl)cc3)nc12. The van der Waals surface area contributed by atoms with Gasteiger partial charge >= 0.3 is 0 Å². The minimum Gasteiger partial charge on any atom is -0.302 e. The van der Waals surface area contributed by atoms with Crippen molar-refractivity contribution in [2.75, 3.05) is 17.3 Å². The molecule has 1 N–H and O–H groups in total. The maximum Gasteiger partial charge on any atom is 0.227 e. The normalized spacial score (nSPS) is 11.6. The first kappa shape index (κ1) is 19.2. The third kappa shape index (κ3) is 4.37. The summed E-state index contributed by atoms with van der Waals surface area (Å²) in [6.45, 7) is 0. The van der Waals surface area contributed by atoms with E-state index in [2.05, 4.69) is 10.3 Å². The molecule has 1 aromatic heterocycles. The van der Waals surface area contributed by atoms with E-state index in [-0.39, 0.29) is 23.0 Å². The standard InChI is InChI=1S/C17H15ClN2O3S3/c1-24-13-3-2-4-14-16(13)20-17(25-14)19-15(21)9-10-26(22,23)12-7-5-11(18)6-8-12/h2-8H,9-10H2,1H3,(H,19,20,21). The number of thiazole rings is 1. The number of hydrogen-bond acceptors (Lipinski definition) is 6. The summed E-state index contributed by atoms with van der Waals surface area (Å²) < 4.78 is 25.5. The Morgan fingerprint density at radius 2 is 1.96 bits per heavy atom. The first-order chi connectivity index (χ1) is 12.4. The lowest BCUT2D eigenvalue weighted by molar-refractivity contribution is -0.115. The molecule has 0 aliphatic carbocycles. The second kappa shape index (κ2) is 7.96. The molecular weight excluding hydrogens is 412 g/mol. The number of amides is 1. The van der Waals surface area contributed by atoms with E-state index < -0.39 is 9.84 Å². The van der Waals surface area contributed by atoms with Crippen molar-refractivity contribution in [1.82, 2.24) is 4.98 Å². The molecule has 0 atom stereocenters. The van der Waals surface area contributed by atoms with Crippen molar-refractivity contribution in [3.63, 3.8) is 0 Å². The molecule has 3 aromatic rings. The number of carbonyl (C=O) groups excluding carboxylic acids is 1. The highest BCUT2D eigenvalue weighted by molar-refractivity contribution is 7.98. The van der Waals surface area contributed by atoms with Crippen LogP contribution in [-0.4, -0.2) is 31.3 Å². The molecule has 0 saturated heterocycles.